The first-order valence-electron chi connectivity index (χ1n) is 5.62. The number of nitrogens with one attached hydrogen (secondary N) is 1. The molecule has 1 aromatic carbocycles. The van der Waals surface area contributed by atoms with Crippen LogP contribution >= 0.6 is 0 Å². The number of nitrogen functional groups attached to an aromatic ring is 1. The minimum absolute atomic E-state index is 0.106. The van der Waals surface area contributed by atoms with Gasteiger partial charge < -0.3 is 11.1 Å². The van der Waals surface area contributed by atoms with E-state index in [9.17, 15) is 18.0 Å². The van der Waals surface area contributed by atoms with Crippen molar-refractivity contribution < 1.29 is 18.0 Å². The minimum atomic E-state index is -4.39. The molecule has 1 aromatic rings. The Morgan fingerprint density at radius 3 is 2.68 bits per heavy atom. The molecule has 106 valence electrons. The smallest absolute Gasteiger partial charge is 0.399 e. The number of rotatable bonds is 5. The van der Waals surface area contributed by atoms with Crippen LogP contribution in [0.2, 0.25) is 0 Å². The van der Waals surface area contributed by atoms with Crippen molar-refractivity contribution in [1.29, 1.82) is 0 Å². The Hall–Kier alpha value is -1.76. The summed E-state index contributed by atoms with van der Waals surface area (Å²) in [4.78, 5) is 12.9. The largest absolute Gasteiger partial charge is 0.405 e. The number of benzene rings is 1. The maximum absolute atomic E-state index is 11.9. The molecule has 0 radical (unpaired) electrons. The van der Waals surface area contributed by atoms with Crippen LogP contribution in [0.3, 0.4) is 0 Å². The Morgan fingerprint density at radius 2 is 2.11 bits per heavy atom. The highest BCUT2D eigenvalue weighted by atomic mass is 19.4. The lowest BCUT2D eigenvalue weighted by molar-refractivity contribution is -0.138. The molecule has 0 aliphatic rings. The summed E-state index contributed by atoms with van der Waals surface area (Å²) in [6.45, 7) is -0.979. The number of nitrogens with two attached hydrogens (primary N) is 1. The molecule has 3 N–H and O–H groups in total. The number of carbonyl (C=O) groups excluding carboxylic acids is 1. The Bertz CT molecular complexity index is 434. The van der Waals surface area contributed by atoms with Gasteiger partial charge in [-0.2, -0.15) is 13.2 Å². The molecule has 0 fully saturated rings. The lowest BCUT2D eigenvalue weighted by Crippen LogP contribution is -2.39. The topological polar surface area (TPSA) is 58.4 Å². The van der Waals surface area contributed by atoms with Gasteiger partial charge in [-0.3, -0.25) is 9.69 Å². The second-order valence-corrected chi connectivity index (χ2v) is 4.31. The van der Waals surface area contributed by atoms with Crippen LogP contribution in [-0.2, 0) is 11.3 Å². The van der Waals surface area contributed by atoms with Crippen molar-refractivity contribution in [1.82, 2.24) is 10.2 Å². The molecular formula is C12H16F3N3O. The maximum atomic E-state index is 11.9. The van der Waals surface area contributed by atoms with Crippen LogP contribution in [-0.4, -0.2) is 37.1 Å². The molecule has 4 nitrogen and oxygen atoms in total. The fourth-order valence-electron chi connectivity index (χ4n) is 1.56. The summed E-state index contributed by atoms with van der Waals surface area (Å²) >= 11 is 0. The van der Waals surface area contributed by atoms with E-state index in [1.807, 2.05) is 11.4 Å². The van der Waals surface area contributed by atoms with E-state index in [0.717, 1.165) is 5.56 Å². The van der Waals surface area contributed by atoms with Crippen LogP contribution in [0, 0.1) is 0 Å². The van der Waals surface area contributed by atoms with Crippen LogP contribution < -0.4 is 11.1 Å². The van der Waals surface area contributed by atoms with Crippen LogP contribution in [0.5, 0.6) is 0 Å². The molecule has 0 aromatic heterocycles. The molecule has 0 atom stereocenters. The van der Waals surface area contributed by atoms with Crippen molar-refractivity contribution in [2.45, 2.75) is 12.7 Å². The zero-order chi connectivity index (χ0) is 14.5. The number of likely N-dealkylation sites (N-methyl/N-ethyl adjacent to an activating group) is 1. The van der Waals surface area contributed by atoms with Gasteiger partial charge in [0.2, 0.25) is 5.91 Å². The van der Waals surface area contributed by atoms with E-state index in [2.05, 4.69) is 0 Å². The number of anilines is 1. The molecular weight excluding hydrogens is 259 g/mol. The van der Waals surface area contributed by atoms with Crippen LogP contribution in [0.4, 0.5) is 18.9 Å². The summed E-state index contributed by atoms with van der Waals surface area (Å²) in [5.74, 6) is -0.663. The van der Waals surface area contributed by atoms with Gasteiger partial charge in [0.25, 0.3) is 0 Å². The normalized spacial score (nSPS) is 11.6. The molecule has 0 saturated heterocycles. The Morgan fingerprint density at radius 1 is 1.42 bits per heavy atom. The monoisotopic (exact) mass is 275 g/mol. The van der Waals surface area contributed by atoms with Crippen molar-refractivity contribution in [3.63, 3.8) is 0 Å². The van der Waals surface area contributed by atoms with Crippen molar-refractivity contribution in [3.8, 4) is 0 Å². The summed E-state index contributed by atoms with van der Waals surface area (Å²) in [6, 6.07) is 7.10. The molecule has 0 bridgehead atoms. The van der Waals surface area contributed by atoms with Gasteiger partial charge in [0.15, 0.2) is 0 Å². The van der Waals surface area contributed by atoms with Gasteiger partial charge in [-0.15, -0.1) is 0 Å². The predicted molar refractivity (Wildman–Crippen MR) is 66.3 cm³/mol. The number of hydrogen-bond acceptors (Lipinski definition) is 3. The zero-order valence-electron chi connectivity index (χ0n) is 10.5. The number of alkyl halides is 3. The van der Waals surface area contributed by atoms with E-state index in [4.69, 9.17) is 5.73 Å². The van der Waals surface area contributed by atoms with Gasteiger partial charge in [-0.05, 0) is 24.7 Å². The number of carbonyl (C=O) groups is 1. The van der Waals surface area contributed by atoms with Gasteiger partial charge in [0.05, 0.1) is 6.54 Å². The minimum Gasteiger partial charge on any atom is -0.399 e. The van der Waals surface area contributed by atoms with Crippen molar-refractivity contribution in [2.24, 2.45) is 0 Å². The van der Waals surface area contributed by atoms with Crippen LogP contribution in [0.1, 0.15) is 5.56 Å². The zero-order valence-corrected chi connectivity index (χ0v) is 10.5. The van der Waals surface area contributed by atoms with Crippen molar-refractivity contribution in [3.05, 3.63) is 29.8 Å². The molecule has 1 amide bonds. The first-order valence-corrected chi connectivity index (χ1v) is 5.62. The van der Waals surface area contributed by atoms with Crippen LogP contribution in [0.15, 0.2) is 24.3 Å². The average molecular weight is 275 g/mol. The highest BCUT2D eigenvalue weighted by Gasteiger charge is 2.27. The number of nitrogens with zero attached hydrogens (tertiary/aromatic N) is 1. The van der Waals surface area contributed by atoms with Gasteiger partial charge in [0.1, 0.15) is 6.54 Å². The maximum Gasteiger partial charge on any atom is 0.405 e. The fourth-order valence-corrected chi connectivity index (χ4v) is 1.56. The van der Waals surface area contributed by atoms with Crippen molar-refractivity contribution in [2.75, 3.05) is 25.9 Å². The molecule has 0 saturated carbocycles. The summed E-state index contributed by atoms with van der Waals surface area (Å²) in [7, 11) is 1.65. The third-order valence-corrected chi connectivity index (χ3v) is 2.30. The van der Waals surface area contributed by atoms with E-state index < -0.39 is 18.6 Å². The van der Waals surface area contributed by atoms with E-state index in [1.165, 1.54) is 0 Å². The molecule has 7 heteroatoms. The van der Waals surface area contributed by atoms with E-state index >= 15 is 0 Å². The second kappa shape index (κ2) is 6.42. The number of amides is 1. The standard InChI is InChI=1S/C12H16F3N3O/c1-18(6-9-3-2-4-10(16)5-9)7-11(19)17-8-12(13,14)15/h2-5H,6-8,16H2,1H3,(H,17,19). The van der Waals surface area contributed by atoms with E-state index in [0.29, 0.717) is 12.2 Å². The molecule has 0 heterocycles. The summed E-state index contributed by atoms with van der Waals surface area (Å²) in [5, 5.41) is 1.82. The Balaban J connectivity index is 2.38. The third-order valence-electron chi connectivity index (χ3n) is 2.30. The Kier molecular flexibility index (Phi) is 5.17. The molecule has 0 aliphatic carbocycles. The molecule has 1 rings (SSSR count). The molecule has 0 spiro atoms. The van der Waals surface area contributed by atoms with Gasteiger partial charge in [-0.1, -0.05) is 12.1 Å². The fraction of sp³-hybridized carbons (Fsp3) is 0.417. The summed E-state index contributed by atoms with van der Waals surface area (Å²) < 4.78 is 35.7. The van der Waals surface area contributed by atoms with Gasteiger partial charge in [0, 0.05) is 12.2 Å². The first-order chi connectivity index (χ1) is 8.76. The Labute approximate surface area is 109 Å². The quantitative estimate of drug-likeness (QED) is 0.798. The van der Waals surface area contributed by atoms with Gasteiger partial charge >= 0.3 is 6.18 Å². The highest BCUT2D eigenvalue weighted by molar-refractivity contribution is 5.78. The first kappa shape index (κ1) is 15.3. The average Bonchev–Trinajstić information content (AvgIpc) is 2.25. The lowest BCUT2D eigenvalue weighted by atomic mass is 10.2. The third kappa shape index (κ3) is 6.66. The number of halogens is 3. The second-order valence-electron chi connectivity index (χ2n) is 4.31. The summed E-state index contributed by atoms with van der Waals surface area (Å²) in [5.41, 5.74) is 7.11. The summed E-state index contributed by atoms with van der Waals surface area (Å²) in [6.07, 6.45) is -4.39. The lowest BCUT2D eigenvalue weighted by Gasteiger charge is -2.17. The molecule has 0 unspecified atom stereocenters. The molecule has 0 aliphatic heterocycles. The predicted octanol–water partition coefficient (Wildman–Crippen LogP) is 1.38. The number of hydrogen-bond donors (Lipinski definition) is 2. The van der Waals surface area contributed by atoms with Crippen LogP contribution in [0.25, 0.3) is 0 Å². The molecule has 19 heavy (non-hydrogen) atoms. The van der Waals surface area contributed by atoms with Gasteiger partial charge in [-0.25, -0.2) is 0 Å². The highest BCUT2D eigenvalue weighted by Crippen LogP contribution is 2.12. The SMILES string of the molecule is CN(CC(=O)NCC(F)(F)F)Cc1cccc(N)c1. The van der Waals surface area contributed by atoms with E-state index in [-0.39, 0.29) is 6.54 Å². The van der Waals surface area contributed by atoms with E-state index in [1.54, 1.807) is 30.1 Å². The van der Waals surface area contributed by atoms with Crippen molar-refractivity contribution >= 4 is 11.6 Å².